The standard InChI is InChI=1S/C25H26Cl3N3O4S/c1-35-23-10-9-20(17-22(23)30-13-15-31(16-14-30)24(32)25(26,27)28)36(33,34)29-12-11-19-7-4-6-18-5-2-3-8-21(18)19/h2-10,17,29H,11-16H2,1H3. The van der Waals surface area contributed by atoms with Crippen LogP contribution in [0.4, 0.5) is 5.69 Å². The topological polar surface area (TPSA) is 79.0 Å². The second-order valence-electron chi connectivity index (χ2n) is 8.40. The summed E-state index contributed by atoms with van der Waals surface area (Å²) in [5.74, 6) is -0.0447. The van der Waals surface area contributed by atoms with Gasteiger partial charge < -0.3 is 14.5 Å². The molecule has 0 aromatic heterocycles. The molecule has 3 aromatic carbocycles. The Morgan fingerprint density at radius 1 is 1.00 bits per heavy atom. The Labute approximate surface area is 225 Å². The highest BCUT2D eigenvalue weighted by molar-refractivity contribution is 7.89. The molecule has 0 radical (unpaired) electrons. The van der Waals surface area contributed by atoms with Crippen LogP contribution in [0.2, 0.25) is 0 Å². The van der Waals surface area contributed by atoms with E-state index in [-0.39, 0.29) is 11.4 Å². The van der Waals surface area contributed by atoms with E-state index in [1.165, 1.54) is 18.1 Å². The van der Waals surface area contributed by atoms with Gasteiger partial charge in [0.2, 0.25) is 10.0 Å². The lowest BCUT2D eigenvalue weighted by molar-refractivity contribution is -0.130. The second-order valence-corrected chi connectivity index (χ2v) is 12.4. The Kier molecular flexibility index (Phi) is 8.22. The van der Waals surface area contributed by atoms with Crippen molar-refractivity contribution in [1.29, 1.82) is 0 Å². The molecule has 0 atom stereocenters. The minimum atomic E-state index is -3.76. The molecule has 1 amide bonds. The van der Waals surface area contributed by atoms with Gasteiger partial charge in [-0.2, -0.15) is 0 Å². The van der Waals surface area contributed by atoms with Crippen LogP contribution >= 0.6 is 34.8 Å². The first-order valence-corrected chi connectivity index (χ1v) is 14.0. The Morgan fingerprint density at radius 3 is 2.39 bits per heavy atom. The maximum absolute atomic E-state index is 13.1. The van der Waals surface area contributed by atoms with E-state index in [1.54, 1.807) is 12.1 Å². The summed E-state index contributed by atoms with van der Waals surface area (Å²) in [6.45, 7) is 1.78. The third kappa shape index (κ3) is 6.01. The number of halogens is 3. The molecule has 7 nitrogen and oxygen atoms in total. The number of nitrogens with zero attached hydrogens (tertiary/aromatic N) is 2. The summed E-state index contributed by atoms with van der Waals surface area (Å²) >= 11 is 17.2. The SMILES string of the molecule is COc1ccc(S(=O)(=O)NCCc2cccc3ccccc23)cc1N1CCN(C(=O)C(Cl)(Cl)Cl)CC1. The number of carbonyl (C=O) groups is 1. The van der Waals surface area contributed by atoms with E-state index in [0.29, 0.717) is 44.0 Å². The molecule has 1 aliphatic rings. The average molecular weight is 571 g/mol. The number of nitrogens with one attached hydrogen (secondary N) is 1. The molecule has 0 saturated carbocycles. The van der Waals surface area contributed by atoms with E-state index in [9.17, 15) is 13.2 Å². The van der Waals surface area contributed by atoms with Crippen molar-refractivity contribution in [3.63, 3.8) is 0 Å². The molecular formula is C25H26Cl3N3O4S. The molecule has 36 heavy (non-hydrogen) atoms. The lowest BCUT2D eigenvalue weighted by Crippen LogP contribution is -2.51. The van der Waals surface area contributed by atoms with Crippen molar-refractivity contribution < 1.29 is 17.9 Å². The number of anilines is 1. The predicted molar refractivity (Wildman–Crippen MR) is 145 cm³/mol. The minimum Gasteiger partial charge on any atom is -0.495 e. The lowest BCUT2D eigenvalue weighted by Gasteiger charge is -2.37. The maximum Gasteiger partial charge on any atom is 0.274 e. The maximum atomic E-state index is 13.1. The van der Waals surface area contributed by atoms with Crippen molar-refractivity contribution in [3.8, 4) is 5.75 Å². The van der Waals surface area contributed by atoms with Crippen LogP contribution in [0.15, 0.2) is 65.6 Å². The summed E-state index contributed by atoms with van der Waals surface area (Å²) in [6, 6.07) is 18.8. The number of alkyl halides is 3. The Balaban J connectivity index is 1.46. The van der Waals surface area contributed by atoms with Crippen LogP contribution in [0.1, 0.15) is 5.56 Å². The molecule has 0 unspecified atom stereocenters. The van der Waals surface area contributed by atoms with E-state index in [4.69, 9.17) is 39.5 Å². The van der Waals surface area contributed by atoms with E-state index < -0.39 is 19.7 Å². The van der Waals surface area contributed by atoms with Gasteiger partial charge in [-0.3, -0.25) is 4.79 Å². The zero-order valence-corrected chi connectivity index (χ0v) is 22.7. The number of rotatable bonds is 7. The highest BCUT2D eigenvalue weighted by atomic mass is 35.6. The summed E-state index contributed by atoms with van der Waals surface area (Å²) in [5, 5.41) is 2.23. The Morgan fingerprint density at radius 2 is 1.69 bits per heavy atom. The van der Waals surface area contributed by atoms with Gasteiger partial charge in [-0.05, 0) is 41.0 Å². The summed E-state index contributed by atoms with van der Waals surface area (Å²) in [7, 11) is -2.24. The lowest BCUT2D eigenvalue weighted by atomic mass is 10.0. The number of hydrogen-bond donors (Lipinski definition) is 1. The van der Waals surface area contributed by atoms with Crippen LogP contribution < -0.4 is 14.4 Å². The second kappa shape index (κ2) is 11.0. The number of benzene rings is 3. The first kappa shape index (κ1) is 26.8. The van der Waals surface area contributed by atoms with Crippen molar-refractivity contribution >= 4 is 67.2 Å². The largest absolute Gasteiger partial charge is 0.495 e. The Hall–Kier alpha value is -2.23. The molecule has 1 N–H and O–H groups in total. The van der Waals surface area contributed by atoms with Gasteiger partial charge in [0.15, 0.2) is 0 Å². The number of hydrogen-bond acceptors (Lipinski definition) is 5. The summed E-state index contributed by atoms with van der Waals surface area (Å²) in [6.07, 6.45) is 0.558. The molecule has 1 saturated heterocycles. The van der Waals surface area contributed by atoms with Crippen molar-refractivity contribution in [3.05, 3.63) is 66.2 Å². The van der Waals surface area contributed by atoms with Crippen LogP contribution in [0.5, 0.6) is 5.75 Å². The number of sulfonamides is 1. The highest BCUT2D eigenvalue weighted by Crippen LogP contribution is 2.33. The van der Waals surface area contributed by atoms with Crippen LogP contribution in [0.3, 0.4) is 0 Å². The number of carbonyl (C=O) groups excluding carboxylic acids is 1. The van der Waals surface area contributed by atoms with Gasteiger partial charge in [-0.15, -0.1) is 0 Å². The van der Waals surface area contributed by atoms with Gasteiger partial charge in [0.05, 0.1) is 17.7 Å². The summed E-state index contributed by atoms with van der Waals surface area (Å²) < 4.78 is 32.4. The molecule has 0 aliphatic carbocycles. The summed E-state index contributed by atoms with van der Waals surface area (Å²) in [4.78, 5) is 15.8. The fourth-order valence-electron chi connectivity index (χ4n) is 4.33. The normalized spacial score (nSPS) is 14.8. The number of ether oxygens (including phenoxy) is 1. The Bertz CT molecular complexity index is 1350. The fraction of sp³-hybridized carbons (Fsp3) is 0.320. The predicted octanol–water partition coefficient (Wildman–Crippen LogP) is 4.39. The van der Waals surface area contributed by atoms with E-state index >= 15 is 0 Å². The molecule has 1 fully saturated rings. The van der Waals surface area contributed by atoms with Crippen LogP contribution in [-0.2, 0) is 21.2 Å². The molecule has 1 aliphatic heterocycles. The molecule has 11 heteroatoms. The fourth-order valence-corrected chi connectivity index (χ4v) is 5.74. The van der Waals surface area contributed by atoms with Crippen LogP contribution in [-0.4, -0.2) is 62.9 Å². The van der Waals surface area contributed by atoms with Gasteiger partial charge in [0.1, 0.15) is 5.75 Å². The van der Waals surface area contributed by atoms with Gasteiger partial charge in [-0.25, -0.2) is 13.1 Å². The number of amides is 1. The molecule has 1 heterocycles. The molecule has 3 aromatic rings. The van der Waals surface area contributed by atoms with Crippen LogP contribution in [0, 0.1) is 0 Å². The molecule has 0 spiro atoms. The van der Waals surface area contributed by atoms with Gasteiger partial charge in [0.25, 0.3) is 9.70 Å². The van der Waals surface area contributed by atoms with Crippen molar-refractivity contribution in [2.45, 2.75) is 15.1 Å². The first-order valence-electron chi connectivity index (χ1n) is 11.4. The number of fused-ring (bicyclic) bond motifs is 1. The smallest absolute Gasteiger partial charge is 0.274 e. The van der Waals surface area contributed by atoms with Crippen molar-refractivity contribution in [2.75, 3.05) is 44.7 Å². The van der Waals surface area contributed by atoms with Crippen molar-refractivity contribution in [1.82, 2.24) is 9.62 Å². The monoisotopic (exact) mass is 569 g/mol. The van der Waals surface area contributed by atoms with Crippen LogP contribution in [0.25, 0.3) is 10.8 Å². The molecule has 0 bridgehead atoms. The average Bonchev–Trinajstić information content (AvgIpc) is 2.87. The highest BCUT2D eigenvalue weighted by Gasteiger charge is 2.36. The third-order valence-corrected chi connectivity index (χ3v) is 8.12. The quantitative estimate of drug-likeness (QED) is 0.427. The van der Waals surface area contributed by atoms with E-state index in [2.05, 4.69) is 4.72 Å². The first-order chi connectivity index (χ1) is 17.1. The van der Waals surface area contributed by atoms with Crippen molar-refractivity contribution in [2.24, 2.45) is 0 Å². The van der Waals surface area contributed by atoms with E-state index in [0.717, 1.165) is 16.3 Å². The zero-order valence-electron chi connectivity index (χ0n) is 19.6. The third-order valence-electron chi connectivity index (χ3n) is 6.18. The molecule has 4 rings (SSSR count). The van der Waals surface area contributed by atoms with Gasteiger partial charge in [0, 0.05) is 32.7 Å². The molecule has 192 valence electrons. The zero-order chi connectivity index (χ0) is 25.9. The minimum absolute atomic E-state index is 0.135. The number of piperazine rings is 1. The number of methoxy groups -OCH3 is 1. The van der Waals surface area contributed by atoms with Gasteiger partial charge >= 0.3 is 0 Å². The summed E-state index contributed by atoms with van der Waals surface area (Å²) in [5.41, 5.74) is 1.70. The molecular weight excluding hydrogens is 545 g/mol. The van der Waals surface area contributed by atoms with E-state index in [1.807, 2.05) is 47.4 Å². The van der Waals surface area contributed by atoms with Gasteiger partial charge in [-0.1, -0.05) is 77.3 Å².